The van der Waals surface area contributed by atoms with Crippen molar-refractivity contribution in [2.75, 3.05) is 17.7 Å². The molecule has 2 amide bonds. The number of benzene rings is 2. The Balaban J connectivity index is 1.53. The average Bonchev–Trinajstić information content (AvgIpc) is 3.10. The van der Waals surface area contributed by atoms with E-state index in [0.717, 1.165) is 15.8 Å². The normalized spacial score (nSPS) is 10.8. The number of anilines is 2. The van der Waals surface area contributed by atoms with Gasteiger partial charge in [-0.1, -0.05) is 23.8 Å². The second-order valence-corrected chi connectivity index (χ2v) is 7.66. The van der Waals surface area contributed by atoms with Crippen molar-refractivity contribution in [1.82, 2.24) is 14.2 Å². The molecular formula is C24H23N5O4. The van der Waals surface area contributed by atoms with Crippen LogP contribution in [0.2, 0.25) is 0 Å². The van der Waals surface area contributed by atoms with Crippen LogP contribution in [0, 0.1) is 13.8 Å². The van der Waals surface area contributed by atoms with Crippen molar-refractivity contribution in [3.05, 3.63) is 88.0 Å². The number of rotatable bonds is 6. The summed E-state index contributed by atoms with van der Waals surface area (Å²) in [5.41, 5.74) is 3.28. The predicted molar refractivity (Wildman–Crippen MR) is 125 cm³/mol. The lowest BCUT2D eigenvalue weighted by atomic mass is 10.2. The molecule has 0 saturated carbocycles. The van der Waals surface area contributed by atoms with E-state index in [2.05, 4.69) is 15.7 Å². The van der Waals surface area contributed by atoms with Gasteiger partial charge in [-0.3, -0.25) is 9.59 Å². The van der Waals surface area contributed by atoms with Gasteiger partial charge in [0.15, 0.2) is 5.65 Å². The first-order valence-electron chi connectivity index (χ1n) is 10.3. The van der Waals surface area contributed by atoms with Crippen molar-refractivity contribution >= 4 is 28.8 Å². The number of amides is 2. The second kappa shape index (κ2) is 8.99. The largest absolute Gasteiger partial charge is 0.495 e. The summed E-state index contributed by atoms with van der Waals surface area (Å²) in [7, 11) is 1.51. The molecule has 0 atom stereocenters. The third kappa shape index (κ3) is 4.77. The molecule has 33 heavy (non-hydrogen) atoms. The maximum absolute atomic E-state index is 12.8. The minimum absolute atomic E-state index is 0.289. The molecule has 4 aromatic rings. The van der Waals surface area contributed by atoms with Gasteiger partial charge in [-0.15, -0.1) is 5.10 Å². The van der Waals surface area contributed by atoms with Crippen molar-refractivity contribution < 1.29 is 14.3 Å². The summed E-state index contributed by atoms with van der Waals surface area (Å²) in [5.74, 6) is -0.271. The Bertz CT molecular complexity index is 1400. The molecule has 0 aliphatic heterocycles. The highest BCUT2D eigenvalue weighted by molar-refractivity contribution is 6.04. The van der Waals surface area contributed by atoms with Crippen molar-refractivity contribution in [2.45, 2.75) is 20.4 Å². The van der Waals surface area contributed by atoms with E-state index in [-0.39, 0.29) is 12.5 Å². The van der Waals surface area contributed by atoms with Crippen molar-refractivity contribution in [1.29, 1.82) is 0 Å². The topological polar surface area (TPSA) is 107 Å². The second-order valence-electron chi connectivity index (χ2n) is 7.66. The zero-order valence-electron chi connectivity index (χ0n) is 18.5. The van der Waals surface area contributed by atoms with E-state index < -0.39 is 11.6 Å². The Hall–Kier alpha value is -4.40. The van der Waals surface area contributed by atoms with Gasteiger partial charge in [-0.05, 0) is 55.8 Å². The maximum Gasteiger partial charge on any atom is 0.350 e. The number of nitrogens with one attached hydrogen (secondary N) is 2. The van der Waals surface area contributed by atoms with Gasteiger partial charge in [0.1, 0.15) is 12.3 Å². The number of hydrogen-bond acceptors (Lipinski definition) is 5. The number of hydrogen-bond donors (Lipinski definition) is 2. The predicted octanol–water partition coefficient (Wildman–Crippen LogP) is 3.01. The first-order chi connectivity index (χ1) is 15.8. The molecular weight excluding hydrogens is 422 g/mol. The minimum Gasteiger partial charge on any atom is -0.495 e. The highest BCUT2D eigenvalue weighted by Gasteiger charge is 2.15. The van der Waals surface area contributed by atoms with Gasteiger partial charge in [0.2, 0.25) is 5.91 Å². The van der Waals surface area contributed by atoms with E-state index in [1.807, 2.05) is 32.0 Å². The van der Waals surface area contributed by atoms with Crippen LogP contribution in [0.25, 0.3) is 5.65 Å². The summed E-state index contributed by atoms with van der Waals surface area (Å²) < 4.78 is 7.56. The van der Waals surface area contributed by atoms with Crippen LogP contribution in [-0.2, 0) is 11.3 Å². The van der Waals surface area contributed by atoms with Crippen LogP contribution in [0.3, 0.4) is 0 Å². The van der Waals surface area contributed by atoms with Crippen LogP contribution < -0.4 is 21.1 Å². The molecule has 168 valence electrons. The fourth-order valence-electron chi connectivity index (χ4n) is 3.34. The zero-order chi connectivity index (χ0) is 23.5. The SMILES string of the molecule is COc1ccc(C)cc1NC(=O)Cn1nc2ccc(C(=O)Nc3ccc(C)cc3)cn2c1=O. The quantitative estimate of drug-likeness (QED) is 0.475. The first kappa shape index (κ1) is 21.8. The van der Waals surface area contributed by atoms with Gasteiger partial charge in [-0.25, -0.2) is 13.9 Å². The monoisotopic (exact) mass is 445 g/mol. The Morgan fingerprint density at radius 2 is 1.70 bits per heavy atom. The molecule has 2 heterocycles. The summed E-state index contributed by atoms with van der Waals surface area (Å²) in [6, 6.07) is 15.9. The summed E-state index contributed by atoms with van der Waals surface area (Å²) >= 11 is 0. The standard InChI is InChI=1S/C24H23N5O4/c1-15-4-8-18(9-5-15)25-23(31)17-7-11-21-27-29(24(32)28(21)13-17)14-22(30)26-19-12-16(2)6-10-20(19)33-3/h4-13H,14H2,1-3H3,(H,25,31)(H,26,30). The Labute approximate surface area is 189 Å². The van der Waals surface area contributed by atoms with Gasteiger partial charge in [0.05, 0.1) is 18.4 Å². The van der Waals surface area contributed by atoms with Crippen molar-refractivity contribution in [3.8, 4) is 5.75 Å². The molecule has 0 unspecified atom stereocenters. The highest BCUT2D eigenvalue weighted by atomic mass is 16.5. The molecule has 0 saturated heterocycles. The molecule has 0 aliphatic carbocycles. The Morgan fingerprint density at radius 3 is 2.42 bits per heavy atom. The summed E-state index contributed by atoms with van der Waals surface area (Å²) in [6.45, 7) is 3.57. The number of methoxy groups -OCH3 is 1. The lowest BCUT2D eigenvalue weighted by Crippen LogP contribution is -2.28. The van der Waals surface area contributed by atoms with Crippen LogP contribution >= 0.6 is 0 Å². The van der Waals surface area contributed by atoms with Gasteiger partial charge in [-0.2, -0.15) is 0 Å². The lowest BCUT2D eigenvalue weighted by Gasteiger charge is -2.10. The summed E-state index contributed by atoms with van der Waals surface area (Å²) in [6.07, 6.45) is 1.41. The number of carbonyl (C=O) groups is 2. The molecule has 2 aromatic carbocycles. The number of fused-ring (bicyclic) bond motifs is 1. The van der Waals surface area contributed by atoms with Gasteiger partial charge >= 0.3 is 5.69 Å². The third-order valence-electron chi connectivity index (χ3n) is 5.07. The first-order valence-corrected chi connectivity index (χ1v) is 10.3. The van der Waals surface area contributed by atoms with E-state index in [4.69, 9.17) is 4.74 Å². The maximum atomic E-state index is 12.8. The zero-order valence-corrected chi connectivity index (χ0v) is 18.5. The van der Waals surface area contributed by atoms with E-state index in [0.29, 0.717) is 28.3 Å². The molecule has 0 fully saturated rings. The molecule has 0 radical (unpaired) electrons. The summed E-state index contributed by atoms with van der Waals surface area (Å²) in [4.78, 5) is 37.9. The fraction of sp³-hybridized carbons (Fsp3) is 0.167. The molecule has 9 nitrogen and oxygen atoms in total. The highest BCUT2D eigenvalue weighted by Crippen LogP contribution is 2.25. The number of nitrogens with zero attached hydrogens (tertiary/aromatic N) is 3. The minimum atomic E-state index is -0.527. The number of ether oxygens (including phenoxy) is 1. The van der Waals surface area contributed by atoms with Crippen molar-refractivity contribution in [3.63, 3.8) is 0 Å². The van der Waals surface area contributed by atoms with Gasteiger partial charge < -0.3 is 15.4 Å². The molecule has 2 N–H and O–H groups in total. The van der Waals surface area contributed by atoms with E-state index in [1.165, 1.54) is 17.7 Å². The number of carbonyl (C=O) groups excluding carboxylic acids is 2. The van der Waals surface area contributed by atoms with E-state index in [1.54, 1.807) is 36.4 Å². The number of pyridine rings is 1. The van der Waals surface area contributed by atoms with E-state index in [9.17, 15) is 14.4 Å². The molecule has 0 spiro atoms. The molecule has 0 aliphatic rings. The summed E-state index contributed by atoms with van der Waals surface area (Å²) in [5, 5.41) is 9.73. The molecule has 0 bridgehead atoms. The van der Waals surface area contributed by atoms with Crippen LogP contribution in [0.15, 0.2) is 65.6 Å². The van der Waals surface area contributed by atoms with Crippen molar-refractivity contribution in [2.24, 2.45) is 0 Å². The number of aromatic nitrogens is 3. The van der Waals surface area contributed by atoms with Crippen LogP contribution in [0.5, 0.6) is 5.75 Å². The Kier molecular flexibility index (Phi) is 5.95. The molecule has 2 aromatic heterocycles. The van der Waals surface area contributed by atoms with Crippen LogP contribution in [0.4, 0.5) is 11.4 Å². The van der Waals surface area contributed by atoms with Crippen LogP contribution in [0.1, 0.15) is 21.5 Å². The van der Waals surface area contributed by atoms with E-state index >= 15 is 0 Å². The molecule has 9 heteroatoms. The van der Waals surface area contributed by atoms with Crippen LogP contribution in [-0.4, -0.2) is 33.1 Å². The fourth-order valence-corrected chi connectivity index (χ4v) is 3.34. The molecule has 4 rings (SSSR count). The lowest BCUT2D eigenvalue weighted by molar-refractivity contribution is -0.117. The average molecular weight is 445 g/mol. The number of aryl methyl sites for hydroxylation is 2. The van der Waals surface area contributed by atoms with Gasteiger partial charge in [0.25, 0.3) is 5.91 Å². The van der Waals surface area contributed by atoms with Gasteiger partial charge in [0, 0.05) is 11.9 Å². The smallest absolute Gasteiger partial charge is 0.350 e. The third-order valence-corrected chi connectivity index (χ3v) is 5.07. The Morgan fingerprint density at radius 1 is 0.970 bits per heavy atom.